The van der Waals surface area contributed by atoms with Crippen molar-refractivity contribution in [2.24, 2.45) is 0 Å². The molecule has 0 unspecified atom stereocenters. The van der Waals surface area contributed by atoms with E-state index < -0.39 is 17.2 Å². The Kier molecular flexibility index (Phi) is 6.13. The summed E-state index contributed by atoms with van der Waals surface area (Å²) in [5.74, 6) is -1.26. The monoisotopic (exact) mass is 411 g/mol. The van der Waals surface area contributed by atoms with Crippen LogP contribution in [0.3, 0.4) is 0 Å². The lowest BCUT2D eigenvalue weighted by atomic mass is 10.1. The van der Waals surface area contributed by atoms with Crippen LogP contribution in [0, 0.1) is 11.6 Å². The number of nitrogens with zero attached hydrogens (tertiary/aromatic N) is 1. The Bertz CT molecular complexity index is 896. The van der Waals surface area contributed by atoms with Gasteiger partial charge >= 0.3 is 0 Å². The number of hydrogen-bond donors (Lipinski definition) is 2. The molecule has 2 aromatic rings. The van der Waals surface area contributed by atoms with Crippen molar-refractivity contribution in [2.45, 2.75) is 42.7 Å². The molecule has 2 fully saturated rings. The lowest BCUT2D eigenvalue weighted by Gasteiger charge is -2.24. The molecule has 3 heterocycles. The smallest absolute Gasteiger partial charge is 0.261 e. The first-order valence-corrected chi connectivity index (χ1v) is 10.6. The number of fused-ring (bicyclic) bond motifs is 1. The number of aromatic amines is 1. The fourth-order valence-corrected chi connectivity index (χ4v) is 4.63. The van der Waals surface area contributed by atoms with Gasteiger partial charge in [0.25, 0.3) is 5.56 Å². The molecule has 2 saturated heterocycles. The summed E-state index contributed by atoms with van der Waals surface area (Å²) < 4.78 is 39.8. The molecule has 0 saturated carbocycles. The van der Waals surface area contributed by atoms with Gasteiger partial charge in [-0.05, 0) is 31.7 Å². The first-order valence-electron chi connectivity index (χ1n) is 9.56. The lowest BCUT2D eigenvalue weighted by Crippen LogP contribution is -2.30. The van der Waals surface area contributed by atoms with Crippen molar-refractivity contribution in [2.75, 3.05) is 31.7 Å². The number of nitrogens with one attached hydrogen (secondary N) is 2. The normalized spacial score (nSPS) is 21.1. The average Bonchev–Trinajstić information content (AvgIpc) is 2.71. The molecule has 0 aliphatic carbocycles. The van der Waals surface area contributed by atoms with E-state index in [0.29, 0.717) is 30.0 Å². The molecule has 9 heteroatoms. The third-order valence-corrected chi connectivity index (χ3v) is 6.45. The van der Waals surface area contributed by atoms with Crippen LogP contribution < -0.4 is 10.9 Å². The van der Waals surface area contributed by atoms with Gasteiger partial charge in [-0.3, -0.25) is 4.79 Å². The summed E-state index contributed by atoms with van der Waals surface area (Å²) in [6, 6.07) is 1.32. The summed E-state index contributed by atoms with van der Waals surface area (Å²) in [5, 5.41) is 3.10. The second kappa shape index (κ2) is 8.75. The second-order valence-corrected chi connectivity index (χ2v) is 8.43. The van der Waals surface area contributed by atoms with Crippen molar-refractivity contribution in [1.29, 1.82) is 0 Å². The standard InChI is InChI=1S/C19H23F2N3O3S/c20-17-14(22-11-2-1-5-27-9-11)8-13-16(18(17)21)19(25)24-15(23-13)10-28-12-3-6-26-7-4-12/h8,11-12,22H,1-7,9-10H2,(H,23,24,25)/t11-/m1/s1. The summed E-state index contributed by atoms with van der Waals surface area (Å²) in [5.41, 5.74) is -0.484. The highest BCUT2D eigenvalue weighted by atomic mass is 32.2. The molecule has 1 aromatic carbocycles. The number of aromatic nitrogens is 2. The van der Waals surface area contributed by atoms with E-state index in [4.69, 9.17) is 9.47 Å². The number of benzene rings is 1. The SMILES string of the molecule is O=c1[nH]c(CSC2CCOCC2)nc2cc(N[C@@H]3CCCOC3)c(F)c(F)c12. The summed E-state index contributed by atoms with van der Waals surface area (Å²) in [6.07, 6.45) is 3.59. The first kappa shape index (κ1) is 19.6. The van der Waals surface area contributed by atoms with Crippen LogP contribution in [0.15, 0.2) is 10.9 Å². The van der Waals surface area contributed by atoms with E-state index in [2.05, 4.69) is 15.3 Å². The molecule has 28 heavy (non-hydrogen) atoms. The largest absolute Gasteiger partial charge is 0.381 e. The van der Waals surface area contributed by atoms with Crippen LogP contribution in [0.2, 0.25) is 0 Å². The van der Waals surface area contributed by atoms with Gasteiger partial charge in [0.05, 0.1) is 23.6 Å². The van der Waals surface area contributed by atoms with Crippen molar-refractivity contribution in [1.82, 2.24) is 9.97 Å². The maximum Gasteiger partial charge on any atom is 0.261 e. The zero-order valence-corrected chi connectivity index (χ0v) is 16.2. The van der Waals surface area contributed by atoms with E-state index in [9.17, 15) is 13.6 Å². The van der Waals surface area contributed by atoms with E-state index >= 15 is 0 Å². The van der Waals surface area contributed by atoms with Gasteiger partial charge in [0.1, 0.15) is 11.2 Å². The fraction of sp³-hybridized carbons (Fsp3) is 0.579. The van der Waals surface area contributed by atoms with Crippen molar-refractivity contribution >= 4 is 28.4 Å². The molecule has 4 rings (SSSR count). The second-order valence-electron chi connectivity index (χ2n) is 7.14. The van der Waals surface area contributed by atoms with Crippen LogP contribution in [0.4, 0.5) is 14.5 Å². The van der Waals surface area contributed by atoms with Crippen LogP contribution in [0.5, 0.6) is 0 Å². The summed E-state index contributed by atoms with van der Waals surface area (Å²) in [7, 11) is 0. The molecular formula is C19H23F2N3O3S. The van der Waals surface area contributed by atoms with Crippen LogP contribution >= 0.6 is 11.8 Å². The summed E-state index contributed by atoms with van der Waals surface area (Å²) in [6.45, 7) is 2.60. The van der Waals surface area contributed by atoms with Gasteiger partial charge in [0.2, 0.25) is 0 Å². The topological polar surface area (TPSA) is 76.2 Å². The number of anilines is 1. The highest BCUT2D eigenvalue weighted by molar-refractivity contribution is 7.99. The number of rotatable bonds is 5. The Hall–Kier alpha value is -1.71. The Labute approximate surface area is 165 Å². The predicted octanol–water partition coefficient (Wildman–Crippen LogP) is 3.20. The number of halogens is 2. The van der Waals surface area contributed by atoms with Crippen LogP contribution in [-0.2, 0) is 15.2 Å². The van der Waals surface area contributed by atoms with Gasteiger partial charge in [-0.1, -0.05) is 0 Å². The minimum absolute atomic E-state index is 0.0154. The van der Waals surface area contributed by atoms with Gasteiger partial charge in [-0.15, -0.1) is 0 Å². The Morgan fingerprint density at radius 1 is 1.18 bits per heavy atom. The lowest BCUT2D eigenvalue weighted by molar-refractivity contribution is 0.0875. The Morgan fingerprint density at radius 2 is 2.00 bits per heavy atom. The number of H-pyrrole nitrogens is 1. The molecule has 0 spiro atoms. The van der Waals surface area contributed by atoms with E-state index in [1.165, 1.54) is 6.07 Å². The Balaban J connectivity index is 1.59. The fourth-order valence-electron chi connectivity index (χ4n) is 3.57. The number of hydrogen-bond acceptors (Lipinski definition) is 6. The maximum atomic E-state index is 14.6. The molecule has 2 N–H and O–H groups in total. The van der Waals surface area contributed by atoms with E-state index in [0.717, 1.165) is 38.9 Å². The molecule has 0 bridgehead atoms. The number of ether oxygens (including phenoxy) is 2. The quantitative estimate of drug-likeness (QED) is 0.787. The maximum absolute atomic E-state index is 14.6. The molecular weight excluding hydrogens is 388 g/mol. The van der Waals surface area contributed by atoms with Crippen molar-refractivity contribution in [3.8, 4) is 0 Å². The van der Waals surface area contributed by atoms with Gasteiger partial charge in [-0.25, -0.2) is 13.8 Å². The van der Waals surface area contributed by atoms with Gasteiger partial charge in [-0.2, -0.15) is 11.8 Å². The van der Waals surface area contributed by atoms with Gasteiger partial charge in [0, 0.05) is 31.1 Å². The predicted molar refractivity (Wildman–Crippen MR) is 105 cm³/mol. The molecule has 1 aromatic heterocycles. The molecule has 2 aliphatic rings. The average molecular weight is 411 g/mol. The van der Waals surface area contributed by atoms with Gasteiger partial charge < -0.3 is 19.8 Å². The first-order chi connectivity index (χ1) is 13.6. The van der Waals surface area contributed by atoms with Crippen LogP contribution in [-0.4, -0.2) is 47.7 Å². The molecule has 0 radical (unpaired) electrons. The summed E-state index contributed by atoms with van der Waals surface area (Å²) >= 11 is 1.70. The Morgan fingerprint density at radius 3 is 2.75 bits per heavy atom. The highest BCUT2D eigenvalue weighted by Crippen LogP contribution is 2.27. The number of thioether (sulfide) groups is 1. The minimum atomic E-state index is -1.17. The molecule has 6 nitrogen and oxygen atoms in total. The highest BCUT2D eigenvalue weighted by Gasteiger charge is 2.22. The zero-order valence-electron chi connectivity index (χ0n) is 15.4. The van der Waals surface area contributed by atoms with Crippen molar-refractivity contribution in [3.63, 3.8) is 0 Å². The molecule has 1 atom stereocenters. The third kappa shape index (κ3) is 4.31. The zero-order chi connectivity index (χ0) is 19.5. The van der Waals surface area contributed by atoms with E-state index in [-0.39, 0.29) is 22.6 Å². The van der Waals surface area contributed by atoms with Crippen molar-refractivity contribution < 1.29 is 18.3 Å². The third-order valence-electron chi connectivity index (χ3n) is 5.07. The van der Waals surface area contributed by atoms with Gasteiger partial charge in [0.15, 0.2) is 11.6 Å². The van der Waals surface area contributed by atoms with E-state index in [1.807, 2.05) is 0 Å². The van der Waals surface area contributed by atoms with Crippen molar-refractivity contribution in [3.05, 3.63) is 33.9 Å². The molecule has 152 valence electrons. The molecule has 2 aliphatic heterocycles. The van der Waals surface area contributed by atoms with Crippen LogP contribution in [0.1, 0.15) is 31.5 Å². The minimum Gasteiger partial charge on any atom is -0.381 e. The van der Waals surface area contributed by atoms with E-state index in [1.54, 1.807) is 11.8 Å². The summed E-state index contributed by atoms with van der Waals surface area (Å²) in [4.78, 5) is 19.3. The molecule has 0 amide bonds. The van der Waals surface area contributed by atoms with Crippen LogP contribution in [0.25, 0.3) is 10.9 Å².